The largest absolute Gasteiger partial charge is 0.327 e. The van der Waals surface area contributed by atoms with Crippen LogP contribution in [0, 0.1) is 0 Å². The van der Waals surface area contributed by atoms with Gasteiger partial charge in [-0.15, -0.1) is 0 Å². The van der Waals surface area contributed by atoms with E-state index in [1.54, 1.807) is 0 Å². The van der Waals surface area contributed by atoms with Crippen molar-refractivity contribution >= 4 is 11.8 Å². The Morgan fingerprint density at radius 2 is 1.91 bits per heavy atom. The fourth-order valence-corrected chi connectivity index (χ4v) is 2.32. The first-order valence-electron chi connectivity index (χ1n) is 4.63. The molecule has 2 N–H and O–H groups in total. The molecule has 1 nitrogen and oxygen atoms in total. The maximum Gasteiger partial charge on any atom is 0.0196 e. The van der Waals surface area contributed by atoms with Crippen LogP contribution in [0.15, 0.2) is 0 Å². The Morgan fingerprint density at radius 1 is 1.27 bits per heavy atom. The summed E-state index contributed by atoms with van der Waals surface area (Å²) in [5.74, 6) is 1.19. The van der Waals surface area contributed by atoms with Crippen LogP contribution >= 0.6 is 11.8 Å². The summed E-state index contributed by atoms with van der Waals surface area (Å²) >= 11 is 2.00. The van der Waals surface area contributed by atoms with Crippen molar-refractivity contribution in [2.24, 2.45) is 5.73 Å². The molecule has 0 aromatic heterocycles. The van der Waals surface area contributed by atoms with Gasteiger partial charge in [-0.3, -0.25) is 0 Å². The second-order valence-electron chi connectivity index (χ2n) is 2.85. The molecule has 0 spiro atoms. The fraction of sp³-hybridized carbons (Fsp3) is 1.00. The van der Waals surface area contributed by atoms with Crippen molar-refractivity contribution in [2.45, 2.75) is 51.3 Å². The van der Waals surface area contributed by atoms with E-state index < -0.39 is 0 Å². The van der Waals surface area contributed by atoms with Crippen molar-refractivity contribution in [3.63, 3.8) is 0 Å². The quantitative estimate of drug-likeness (QED) is 0.671. The molecule has 0 saturated heterocycles. The molecule has 0 heterocycles. The molecule has 0 aliphatic carbocycles. The maximum absolute atomic E-state index is 6.00. The van der Waals surface area contributed by atoms with Gasteiger partial charge < -0.3 is 5.73 Å². The van der Waals surface area contributed by atoms with Gasteiger partial charge in [0.25, 0.3) is 0 Å². The average Bonchev–Trinajstić information content (AvgIpc) is 2.00. The highest BCUT2D eigenvalue weighted by Crippen LogP contribution is 2.19. The standard InChI is InChI=1S/C9H21NS/c1-4-7-8(10)9(5-2)11-6-3/h8-9H,4-7,10H2,1-3H3. The average molecular weight is 175 g/mol. The minimum absolute atomic E-state index is 0.412. The second kappa shape index (κ2) is 6.99. The predicted molar refractivity (Wildman–Crippen MR) is 55.1 cm³/mol. The molecule has 0 amide bonds. The normalized spacial score (nSPS) is 16.4. The van der Waals surface area contributed by atoms with Crippen molar-refractivity contribution in [2.75, 3.05) is 5.75 Å². The summed E-state index contributed by atoms with van der Waals surface area (Å²) in [4.78, 5) is 0. The van der Waals surface area contributed by atoms with E-state index >= 15 is 0 Å². The smallest absolute Gasteiger partial charge is 0.0196 e. The van der Waals surface area contributed by atoms with Crippen LogP contribution in [0.4, 0.5) is 0 Å². The second-order valence-corrected chi connectivity index (χ2v) is 4.37. The van der Waals surface area contributed by atoms with Gasteiger partial charge in [0, 0.05) is 11.3 Å². The third kappa shape index (κ3) is 4.70. The minimum Gasteiger partial charge on any atom is -0.327 e. The number of nitrogens with two attached hydrogens (primary N) is 1. The van der Waals surface area contributed by atoms with Gasteiger partial charge in [-0.1, -0.05) is 27.2 Å². The summed E-state index contributed by atoms with van der Waals surface area (Å²) in [6.07, 6.45) is 3.59. The highest BCUT2D eigenvalue weighted by atomic mass is 32.2. The zero-order chi connectivity index (χ0) is 8.69. The molecule has 0 aliphatic rings. The Balaban J connectivity index is 3.61. The van der Waals surface area contributed by atoms with Crippen molar-refractivity contribution < 1.29 is 0 Å². The van der Waals surface area contributed by atoms with Crippen molar-refractivity contribution in [1.82, 2.24) is 0 Å². The molecule has 0 aromatic rings. The Labute approximate surface area is 75.1 Å². The van der Waals surface area contributed by atoms with Crippen LogP contribution in [0.25, 0.3) is 0 Å². The molecule has 0 rings (SSSR count). The van der Waals surface area contributed by atoms with Gasteiger partial charge in [0.1, 0.15) is 0 Å². The number of thioether (sulfide) groups is 1. The lowest BCUT2D eigenvalue weighted by atomic mass is 10.1. The first-order valence-corrected chi connectivity index (χ1v) is 5.68. The minimum atomic E-state index is 0.412. The summed E-state index contributed by atoms with van der Waals surface area (Å²) in [5.41, 5.74) is 6.00. The highest BCUT2D eigenvalue weighted by molar-refractivity contribution is 7.99. The van der Waals surface area contributed by atoms with Gasteiger partial charge in [0.2, 0.25) is 0 Å². The summed E-state index contributed by atoms with van der Waals surface area (Å²) < 4.78 is 0. The Hall–Kier alpha value is 0.310. The van der Waals surface area contributed by atoms with E-state index in [9.17, 15) is 0 Å². The molecule has 2 heteroatoms. The van der Waals surface area contributed by atoms with Gasteiger partial charge >= 0.3 is 0 Å². The van der Waals surface area contributed by atoms with Crippen LogP contribution in [-0.2, 0) is 0 Å². The molecule has 68 valence electrons. The van der Waals surface area contributed by atoms with E-state index in [1.165, 1.54) is 25.0 Å². The lowest BCUT2D eigenvalue weighted by molar-refractivity contribution is 0.567. The van der Waals surface area contributed by atoms with E-state index in [-0.39, 0.29) is 0 Å². The van der Waals surface area contributed by atoms with E-state index in [2.05, 4.69) is 20.8 Å². The van der Waals surface area contributed by atoms with Gasteiger partial charge in [-0.25, -0.2) is 0 Å². The SMILES string of the molecule is CCCC(N)C(CC)SCC. The molecular formula is C9H21NS. The summed E-state index contributed by atoms with van der Waals surface area (Å²) in [7, 11) is 0. The predicted octanol–water partition coefficient (Wildman–Crippen LogP) is 2.65. The molecule has 0 bridgehead atoms. The van der Waals surface area contributed by atoms with Crippen LogP contribution in [-0.4, -0.2) is 17.0 Å². The van der Waals surface area contributed by atoms with Crippen LogP contribution in [0.5, 0.6) is 0 Å². The van der Waals surface area contributed by atoms with Gasteiger partial charge in [-0.2, -0.15) is 11.8 Å². The van der Waals surface area contributed by atoms with E-state index in [0.29, 0.717) is 11.3 Å². The Morgan fingerprint density at radius 3 is 2.27 bits per heavy atom. The maximum atomic E-state index is 6.00. The van der Waals surface area contributed by atoms with E-state index in [4.69, 9.17) is 5.73 Å². The van der Waals surface area contributed by atoms with Crippen molar-refractivity contribution in [1.29, 1.82) is 0 Å². The molecule has 0 aliphatic heterocycles. The lowest BCUT2D eigenvalue weighted by Crippen LogP contribution is -2.31. The highest BCUT2D eigenvalue weighted by Gasteiger charge is 2.13. The first-order chi connectivity index (χ1) is 5.26. The Bertz CT molecular complexity index is 85.6. The molecule has 2 unspecified atom stereocenters. The number of hydrogen-bond donors (Lipinski definition) is 1. The molecule has 0 saturated carbocycles. The van der Waals surface area contributed by atoms with E-state index in [1.807, 2.05) is 11.8 Å². The molecule has 0 radical (unpaired) electrons. The van der Waals surface area contributed by atoms with Gasteiger partial charge in [-0.05, 0) is 18.6 Å². The molecule has 0 fully saturated rings. The van der Waals surface area contributed by atoms with Crippen LogP contribution < -0.4 is 5.73 Å². The van der Waals surface area contributed by atoms with Crippen LogP contribution in [0.3, 0.4) is 0 Å². The van der Waals surface area contributed by atoms with Crippen molar-refractivity contribution in [3.05, 3.63) is 0 Å². The first kappa shape index (κ1) is 11.3. The lowest BCUT2D eigenvalue weighted by Gasteiger charge is -2.20. The van der Waals surface area contributed by atoms with E-state index in [0.717, 1.165) is 0 Å². The molecular weight excluding hydrogens is 154 g/mol. The Kier molecular flexibility index (Phi) is 7.18. The summed E-state index contributed by atoms with van der Waals surface area (Å²) in [6.45, 7) is 6.62. The van der Waals surface area contributed by atoms with Gasteiger partial charge in [0.05, 0.1) is 0 Å². The third-order valence-electron chi connectivity index (χ3n) is 1.88. The van der Waals surface area contributed by atoms with Crippen LogP contribution in [0.2, 0.25) is 0 Å². The van der Waals surface area contributed by atoms with Crippen LogP contribution in [0.1, 0.15) is 40.0 Å². The topological polar surface area (TPSA) is 26.0 Å². The fourth-order valence-electron chi connectivity index (χ4n) is 1.28. The number of hydrogen-bond acceptors (Lipinski definition) is 2. The molecule has 0 aromatic carbocycles. The monoisotopic (exact) mass is 175 g/mol. The van der Waals surface area contributed by atoms with Gasteiger partial charge in [0.15, 0.2) is 0 Å². The summed E-state index contributed by atoms with van der Waals surface area (Å²) in [6, 6.07) is 0.412. The molecule has 11 heavy (non-hydrogen) atoms. The number of rotatable bonds is 6. The zero-order valence-corrected chi connectivity index (χ0v) is 8.79. The third-order valence-corrected chi connectivity index (χ3v) is 3.33. The summed E-state index contributed by atoms with van der Waals surface area (Å²) in [5, 5.41) is 0.681. The van der Waals surface area contributed by atoms with Crippen molar-refractivity contribution in [3.8, 4) is 0 Å². The molecule has 2 atom stereocenters. The zero-order valence-electron chi connectivity index (χ0n) is 7.97.